The molecule has 0 amide bonds. The summed E-state index contributed by atoms with van der Waals surface area (Å²) in [5.41, 5.74) is 4.37. The van der Waals surface area contributed by atoms with Crippen molar-refractivity contribution in [3.05, 3.63) is 113 Å². The Labute approximate surface area is 207 Å². The number of hydrogen-bond donors (Lipinski definition) is 1. The van der Waals surface area contributed by atoms with Gasteiger partial charge in [-0.15, -0.1) is 0 Å². The second kappa shape index (κ2) is 9.37. The van der Waals surface area contributed by atoms with Crippen LogP contribution in [0, 0.1) is 0 Å². The minimum Gasteiger partial charge on any atom is -0.497 e. The van der Waals surface area contributed by atoms with Crippen molar-refractivity contribution < 1.29 is 4.74 Å². The van der Waals surface area contributed by atoms with Crippen molar-refractivity contribution in [1.82, 2.24) is 19.8 Å². The Hall–Kier alpha value is -3.16. The van der Waals surface area contributed by atoms with E-state index in [2.05, 4.69) is 96.5 Å². The average molecular weight is 519 g/mol. The summed E-state index contributed by atoms with van der Waals surface area (Å²) in [4.78, 5) is 6.90. The molecule has 3 heterocycles. The van der Waals surface area contributed by atoms with Crippen LogP contribution in [0.25, 0.3) is 5.69 Å². The molecule has 5 nitrogen and oxygen atoms in total. The van der Waals surface area contributed by atoms with Crippen molar-refractivity contribution in [2.24, 2.45) is 0 Å². The molecule has 0 spiro atoms. The van der Waals surface area contributed by atoms with Crippen LogP contribution >= 0.6 is 28.1 Å². The van der Waals surface area contributed by atoms with Crippen molar-refractivity contribution in [2.45, 2.75) is 18.6 Å². The van der Waals surface area contributed by atoms with E-state index in [-0.39, 0.29) is 12.1 Å². The van der Waals surface area contributed by atoms with Crippen LogP contribution in [0.3, 0.4) is 0 Å². The molecule has 1 fully saturated rings. The monoisotopic (exact) mass is 518 g/mol. The van der Waals surface area contributed by atoms with Crippen molar-refractivity contribution in [1.29, 1.82) is 0 Å². The van der Waals surface area contributed by atoms with E-state index in [1.165, 1.54) is 0 Å². The Kier molecular flexibility index (Phi) is 6.15. The summed E-state index contributed by atoms with van der Waals surface area (Å²) in [5, 5.41) is 4.26. The van der Waals surface area contributed by atoms with Crippen LogP contribution in [0.5, 0.6) is 5.75 Å². The van der Waals surface area contributed by atoms with Gasteiger partial charge in [0.1, 0.15) is 5.75 Å². The predicted octanol–water partition coefficient (Wildman–Crippen LogP) is 5.82. The predicted molar refractivity (Wildman–Crippen MR) is 137 cm³/mol. The van der Waals surface area contributed by atoms with E-state index in [0.29, 0.717) is 6.54 Å². The van der Waals surface area contributed by atoms with Crippen LogP contribution in [0.1, 0.15) is 29.0 Å². The molecule has 2 atom stereocenters. The van der Waals surface area contributed by atoms with E-state index >= 15 is 0 Å². The van der Waals surface area contributed by atoms with Crippen LogP contribution in [0.15, 0.2) is 95.7 Å². The third-order valence-corrected chi connectivity index (χ3v) is 6.78. The standard InChI is InChI=1S/C26H23BrN4OS/c1-32-21-13-7-18(8-14-21)17-31-25(24(29-26(31)33)22-5-2-3-15-28-22)23-6-4-16-30(23)20-11-9-19(27)10-12-20/h2-16,24-25H,17H2,1H3,(H,29,33). The Morgan fingerprint density at radius 2 is 1.79 bits per heavy atom. The van der Waals surface area contributed by atoms with Gasteiger partial charge in [0.25, 0.3) is 0 Å². The number of hydrogen-bond acceptors (Lipinski definition) is 3. The third-order valence-electron chi connectivity index (χ3n) is 5.90. The van der Waals surface area contributed by atoms with E-state index in [4.69, 9.17) is 17.0 Å². The van der Waals surface area contributed by atoms with Crippen LogP contribution in [-0.4, -0.2) is 26.7 Å². The highest BCUT2D eigenvalue weighted by molar-refractivity contribution is 9.10. The lowest BCUT2D eigenvalue weighted by atomic mass is 10.0. The lowest BCUT2D eigenvalue weighted by molar-refractivity contribution is 0.302. The molecule has 5 rings (SSSR count). The summed E-state index contributed by atoms with van der Waals surface area (Å²) in [6.45, 7) is 0.676. The molecule has 0 radical (unpaired) electrons. The first-order valence-electron chi connectivity index (χ1n) is 10.7. The minimum atomic E-state index is -0.0685. The molecule has 2 aromatic carbocycles. The number of halogens is 1. The van der Waals surface area contributed by atoms with Crippen LogP contribution < -0.4 is 10.1 Å². The number of ether oxygens (including phenoxy) is 1. The third kappa shape index (κ3) is 4.38. The van der Waals surface area contributed by atoms with Gasteiger partial charge in [0.05, 0.1) is 24.9 Å². The first-order valence-corrected chi connectivity index (χ1v) is 11.9. The summed E-state index contributed by atoms with van der Waals surface area (Å²) in [6, 6.07) is 26.6. The van der Waals surface area contributed by atoms with E-state index in [0.717, 1.165) is 38.0 Å². The molecule has 1 aliphatic rings. The number of nitrogens with zero attached hydrogens (tertiary/aromatic N) is 3. The molecular formula is C26H23BrN4OS. The lowest BCUT2D eigenvalue weighted by Crippen LogP contribution is -2.30. The fraction of sp³-hybridized carbons (Fsp3) is 0.154. The maximum absolute atomic E-state index is 5.84. The van der Waals surface area contributed by atoms with Crippen LogP contribution in [-0.2, 0) is 6.54 Å². The quantitative estimate of drug-likeness (QED) is 0.326. The second-order valence-electron chi connectivity index (χ2n) is 7.88. The second-order valence-corrected chi connectivity index (χ2v) is 9.18. The molecule has 2 aromatic heterocycles. The van der Waals surface area contributed by atoms with Gasteiger partial charge >= 0.3 is 0 Å². The van der Waals surface area contributed by atoms with Gasteiger partial charge in [-0.3, -0.25) is 4.98 Å². The average Bonchev–Trinajstić information content (AvgIpc) is 3.45. The summed E-state index contributed by atoms with van der Waals surface area (Å²) < 4.78 is 8.60. The van der Waals surface area contributed by atoms with Gasteiger partial charge in [0, 0.05) is 34.8 Å². The van der Waals surface area contributed by atoms with Crippen LogP contribution in [0.2, 0.25) is 0 Å². The molecular weight excluding hydrogens is 496 g/mol. The van der Waals surface area contributed by atoms with E-state index in [1.807, 2.05) is 30.5 Å². The SMILES string of the molecule is COc1ccc(CN2C(=S)NC(c3ccccn3)C2c2cccn2-c2ccc(Br)cc2)cc1. The van der Waals surface area contributed by atoms with Crippen molar-refractivity contribution >= 4 is 33.3 Å². The molecule has 0 bridgehead atoms. The fourth-order valence-electron chi connectivity index (χ4n) is 4.30. The highest BCUT2D eigenvalue weighted by atomic mass is 79.9. The van der Waals surface area contributed by atoms with Crippen molar-refractivity contribution in [2.75, 3.05) is 7.11 Å². The topological polar surface area (TPSA) is 42.3 Å². The zero-order chi connectivity index (χ0) is 22.8. The highest BCUT2D eigenvalue weighted by Crippen LogP contribution is 2.40. The zero-order valence-corrected chi connectivity index (χ0v) is 20.5. The van der Waals surface area contributed by atoms with E-state index in [9.17, 15) is 0 Å². The van der Waals surface area contributed by atoms with Gasteiger partial charge in [-0.2, -0.15) is 0 Å². The number of thiocarbonyl (C=S) groups is 1. The van der Waals surface area contributed by atoms with Gasteiger partial charge in [-0.25, -0.2) is 0 Å². The maximum atomic E-state index is 5.84. The Bertz CT molecular complexity index is 1240. The van der Waals surface area contributed by atoms with E-state index < -0.39 is 0 Å². The number of methoxy groups -OCH3 is 1. The summed E-state index contributed by atoms with van der Waals surface area (Å²) in [6.07, 6.45) is 3.93. The van der Waals surface area contributed by atoms with E-state index in [1.54, 1.807) is 7.11 Å². The highest BCUT2D eigenvalue weighted by Gasteiger charge is 2.41. The van der Waals surface area contributed by atoms with Gasteiger partial charge in [0.2, 0.25) is 0 Å². The molecule has 0 saturated carbocycles. The number of benzene rings is 2. The Morgan fingerprint density at radius 3 is 2.48 bits per heavy atom. The molecule has 1 N–H and O–H groups in total. The lowest BCUT2D eigenvalue weighted by Gasteiger charge is -2.29. The number of rotatable bonds is 6. The maximum Gasteiger partial charge on any atom is 0.170 e. The molecule has 4 aromatic rings. The molecule has 166 valence electrons. The van der Waals surface area contributed by atoms with Gasteiger partial charge in [-0.1, -0.05) is 34.1 Å². The fourth-order valence-corrected chi connectivity index (χ4v) is 4.87. The van der Waals surface area contributed by atoms with Gasteiger partial charge < -0.3 is 19.5 Å². The Balaban J connectivity index is 1.57. The van der Waals surface area contributed by atoms with Gasteiger partial charge in [0.15, 0.2) is 5.11 Å². The molecule has 33 heavy (non-hydrogen) atoms. The molecule has 1 aliphatic heterocycles. The largest absolute Gasteiger partial charge is 0.497 e. The molecule has 0 aliphatic carbocycles. The zero-order valence-electron chi connectivity index (χ0n) is 18.1. The summed E-state index contributed by atoms with van der Waals surface area (Å²) in [7, 11) is 1.68. The normalized spacial score (nSPS) is 17.8. The first-order chi connectivity index (χ1) is 16.1. The van der Waals surface area contributed by atoms with Crippen molar-refractivity contribution in [3.63, 3.8) is 0 Å². The molecule has 2 unspecified atom stereocenters. The summed E-state index contributed by atoms with van der Waals surface area (Å²) in [5.74, 6) is 0.841. The first kappa shape index (κ1) is 21.7. The molecule has 7 heteroatoms. The number of aromatic nitrogens is 2. The molecule has 1 saturated heterocycles. The smallest absolute Gasteiger partial charge is 0.170 e. The minimum absolute atomic E-state index is 0.0341. The number of pyridine rings is 1. The van der Waals surface area contributed by atoms with Crippen molar-refractivity contribution in [3.8, 4) is 11.4 Å². The Morgan fingerprint density at radius 1 is 1.00 bits per heavy atom. The summed E-state index contributed by atoms with van der Waals surface area (Å²) >= 11 is 9.38. The van der Waals surface area contributed by atoms with Crippen LogP contribution in [0.4, 0.5) is 0 Å². The van der Waals surface area contributed by atoms with Gasteiger partial charge in [-0.05, 0) is 78.4 Å². The number of nitrogens with one attached hydrogen (secondary N) is 1.